The molecule has 0 amide bonds. The Kier molecular flexibility index (Phi) is 2.91. The number of carboxylic acid groups (broad SMARTS) is 1. The van der Waals surface area contributed by atoms with Crippen LogP contribution >= 0.6 is 0 Å². The van der Waals surface area contributed by atoms with Crippen molar-refractivity contribution in [3.05, 3.63) is 18.5 Å². The van der Waals surface area contributed by atoms with Crippen LogP contribution in [0.2, 0.25) is 0 Å². The van der Waals surface area contributed by atoms with Gasteiger partial charge in [-0.1, -0.05) is 0 Å². The van der Waals surface area contributed by atoms with E-state index in [4.69, 9.17) is 5.11 Å². The molecule has 68 valence electrons. The van der Waals surface area contributed by atoms with E-state index in [0.29, 0.717) is 0 Å². The summed E-state index contributed by atoms with van der Waals surface area (Å²) in [5.41, 5.74) is 2.36. The van der Waals surface area contributed by atoms with Crippen molar-refractivity contribution in [3.8, 4) is 0 Å². The number of aliphatic carboxylic acids is 1. The maximum Gasteiger partial charge on any atom is 0.351 e. The average molecular weight is 180 g/mol. The number of nitrogens with one attached hydrogen (secondary N) is 1. The fourth-order valence-electron chi connectivity index (χ4n) is 0.539. The van der Waals surface area contributed by atoms with E-state index in [1.807, 2.05) is 0 Å². The maximum atomic E-state index is 10.3. The largest absolute Gasteiger partial charge is 0.477 e. The minimum absolute atomic E-state index is 0.0487. The summed E-state index contributed by atoms with van der Waals surface area (Å²) in [6, 6.07) is 1.65. The molecule has 0 atom stereocenters. The smallest absolute Gasteiger partial charge is 0.351 e. The summed E-state index contributed by atoms with van der Waals surface area (Å²) in [5, 5.41) is 12.0. The summed E-state index contributed by atoms with van der Waals surface area (Å²) >= 11 is 0. The topological polar surface area (TPSA) is 87.5 Å². The van der Waals surface area contributed by atoms with Crippen molar-refractivity contribution >= 4 is 17.6 Å². The summed E-state index contributed by atoms with van der Waals surface area (Å²) in [6.45, 7) is 1.37. The minimum atomic E-state index is -1.08. The Morgan fingerprint density at radius 1 is 1.54 bits per heavy atom. The van der Waals surface area contributed by atoms with Crippen LogP contribution in [0.5, 0.6) is 0 Å². The number of rotatable bonds is 3. The number of hydrazone groups is 1. The van der Waals surface area contributed by atoms with Crippen LogP contribution in [0, 0.1) is 0 Å². The third kappa shape index (κ3) is 2.86. The molecule has 0 unspecified atom stereocenters. The molecule has 1 heterocycles. The predicted octanol–water partition coefficient (Wildman–Crippen LogP) is 0.349. The van der Waals surface area contributed by atoms with Crippen LogP contribution in [0.4, 0.5) is 5.95 Å². The van der Waals surface area contributed by atoms with E-state index < -0.39 is 5.97 Å². The van der Waals surface area contributed by atoms with E-state index in [1.165, 1.54) is 19.3 Å². The second kappa shape index (κ2) is 4.15. The lowest BCUT2D eigenvalue weighted by atomic mass is 10.4. The van der Waals surface area contributed by atoms with Crippen molar-refractivity contribution in [1.82, 2.24) is 9.97 Å². The number of aromatic nitrogens is 2. The molecule has 1 rings (SSSR count). The maximum absolute atomic E-state index is 10.3. The molecule has 0 aliphatic carbocycles. The van der Waals surface area contributed by atoms with Crippen LogP contribution in [0.15, 0.2) is 23.6 Å². The quantitative estimate of drug-likeness (QED) is 0.517. The molecular formula is C7H8N4O2. The SMILES string of the molecule is C/C(=N\Nc1ncccn1)C(=O)O. The van der Waals surface area contributed by atoms with Gasteiger partial charge in [-0.25, -0.2) is 20.2 Å². The zero-order valence-electron chi connectivity index (χ0n) is 6.93. The lowest BCUT2D eigenvalue weighted by Gasteiger charge is -1.96. The highest BCUT2D eigenvalue weighted by atomic mass is 16.4. The van der Waals surface area contributed by atoms with Gasteiger partial charge < -0.3 is 5.11 Å². The summed E-state index contributed by atoms with van der Waals surface area (Å²) in [6.07, 6.45) is 3.06. The molecule has 0 aromatic carbocycles. The second-order valence-corrected chi connectivity index (χ2v) is 2.19. The highest BCUT2D eigenvalue weighted by molar-refractivity contribution is 6.34. The summed E-state index contributed by atoms with van der Waals surface area (Å²) in [7, 11) is 0. The molecule has 0 saturated heterocycles. The summed E-state index contributed by atoms with van der Waals surface area (Å²) in [5.74, 6) is -0.813. The Labute approximate surface area is 74.3 Å². The Bertz CT molecular complexity index is 323. The van der Waals surface area contributed by atoms with Crippen LogP contribution in [-0.4, -0.2) is 26.8 Å². The fraction of sp³-hybridized carbons (Fsp3) is 0.143. The van der Waals surface area contributed by atoms with Crippen LogP contribution in [-0.2, 0) is 4.79 Å². The van der Waals surface area contributed by atoms with Gasteiger partial charge in [0.1, 0.15) is 5.71 Å². The van der Waals surface area contributed by atoms with Gasteiger partial charge in [0, 0.05) is 12.4 Å². The molecule has 0 aliphatic heterocycles. The third-order valence-corrected chi connectivity index (χ3v) is 1.20. The van der Waals surface area contributed by atoms with Crippen molar-refractivity contribution in [2.24, 2.45) is 5.10 Å². The first-order valence-corrected chi connectivity index (χ1v) is 3.51. The first-order chi connectivity index (χ1) is 6.20. The average Bonchev–Trinajstić information content (AvgIpc) is 2.15. The van der Waals surface area contributed by atoms with E-state index >= 15 is 0 Å². The van der Waals surface area contributed by atoms with Gasteiger partial charge in [0.05, 0.1) is 0 Å². The first-order valence-electron chi connectivity index (χ1n) is 3.51. The number of carboxylic acids is 1. The van der Waals surface area contributed by atoms with Gasteiger partial charge in [0.15, 0.2) is 0 Å². The van der Waals surface area contributed by atoms with Crippen molar-refractivity contribution in [1.29, 1.82) is 0 Å². The third-order valence-electron chi connectivity index (χ3n) is 1.20. The summed E-state index contributed by atoms with van der Waals surface area (Å²) in [4.78, 5) is 17.9. The normalized spacial score (nSPS) is 11.0. The molecular weight excluding hydrogens is 172 g/mol. The van der Waals surface area contributed by atoms with Crippen LogP contribution in [0.25, 0.3) is 0 Å². The zero-order valence-corrected chi connectivity index (χ0v) is 6.93. The number of carbonyl (C=O) groups is 1. The number of hydrogen-bond donors (Lipinski definition) is 2. The van der Waals surface area contributed by atoms with E-state index in [1.54, 1.807) is 6.07 Å². The Morgan fingerprint density at radius 2 is 2.15 bits per heavy atom. The number of nitrogens with zero attached hydrogens (tertiary/aromatic N) is 3. The van der Waals surface area contributed by atoms with Gasteiger partial charge in [-0.2, -0.15) is 5.10 Å². The zero-order chi connectivity index (χ0) is 9.68. The van der Waals surface area contributed by atoms with Crippen LogP contribution in [0.1, 0.15) is 6.92 Å². The van der Waals surface area contributed by atoms with Crippen molar-refractivity contribution in [3.63, 3.8) is 0 Å². The lowest BCUT2D eigenvalue weighted by Crippen LogP contribution is -2.10. The highest BCUT2D eigenvalue weighted by Gasteiger charge is 2.00. The van der Waals surface area contributed by atoms with E-state index in [-0.39, 0.29) is 11.7 Å². The monoisotopic (exact) mass is 180 g/mol. The minimum Gasteiger partial charge on any atom is -0.477 e. The van der Waals surface area contributed by atoms with E-state index in [2.05, 4.69) is 20.5 Å². The van der Waals surface area contributed by atoms with E-state index in [0.717, 1.165) is 0 Å². The molecule has 0 radical (unpaired) electrons. The lowest BCUT2D eigenvalue weighted by molar-refractivity contribution is -0.129. The molecule has 0 saturated carbocycles. The van der Waals surface area contributed by atoms with Crippen molar-refractivity contribution in [2.75, 3.05) is 5.43 Å². The van der Waals surface area contributed by atoms with Crippen molar-refractivity contribution in [2.45, 2.75) is 6.92 Å². The number of hydrogen-bond acceptors (Lipinski definition) is 5. The van der Waals surface area contributed by atoms with Gasteiger partial charge in [0.2, 0.25) is 5.95 Å². The first kappa shape index (κ1) is 9.11. The van der Waals surface area contributed by atoms with Gasteiger partial charge >= 0.3 is 5.97 Å². The highest BCUT2D eigenvalue weighted by Crippen LogP contribution is 1.93. The second-order valence-electron chi connectivity index (χ2n) is 2.19. The standard InChI is InChI=1S/C7H8N4O2/c1-5(6(12)13)10-11-7-8-3-2-4-9-7/h2-4H,1H3,(H,12,13)(H,8,9,11)/b10-5+. The Hall–Kier alpha value is -1.98. The molecule has 0 spiro atoms. The van der Waals surface area contributed by atoms with Gasteiger partial charge in [0.25, 0.3) is 0 Å². The van der Waals surface area contributed by atoms with Crippen LogP contribution < -0.4 is 5.43 Å². The van der Waals surface area contributed by atoms with Gasteiger partial charge in [-0.05, 0) is 13.0 Å². The molecule has 2 N–H and O–H groups in total. The van der Waals surface area contributed by atoms with Gasteiger partial charge in [-0.3, -0.25) is 0 Å². The molecule has 0 bridgehead atoms. The molecule has 6 nitrogen and oxygen atoms in total. The van der Waals surface area contributed by atoms with Gasteiger partial charge in [-0.15, -0.1) is 0 Å². The van der Waals surface area contributed by atoms with Crippen LogP contribution in [0.3, 0.4) is 0 Å². The number of anilines is 1. The van der Waals surface area contributed by atoms with Crippen molar-refractivity contribution < 1.29 is 9.90 Å². The fourth-order valence-corrected chi connectivity index (χ4v) is 0.539. The molecule has 0 fully saturated rings. The Morgan fingerprint density at radius 3 is 2.69 bits per heavy atom. The Balaban J connectivity index is 2.62. The predicted molar refractivity (Wildman–Crippen MR) is 46.4 cm³/mol. The molecule has 6 heteroatoms. The molecule has 13 heavy (non-hydrogen) atoms. The molecule has 1 aromatic heterocycles. The molecule has 0 aliphatic rings. The molecule has 1 aromatic rings. The van der Waals surface area contributed by atoms with E-state index in [9.17, 15) is 4.79 Å². The summed E-state index contributed by atoms with van der Waals surface area (Å²) < 4.78 is 0.